The number of aromatic nitrogens is 4. The summed E-state index contributed by atoms with van der Waals surface area (Å²) in [5, 5.41) is 14.0. The van der Waals surface area contributed by atoms with E-state index in [4.69, 9.17) is 0 Å². The van der Waals surface area contributed by atoms with Gasteiger partial charge in [0.05, 0.1) is 5.69 Å². The number of amides is 1. The van der Waals surface area contributed by atoms with E-state index < -0.39 is 0 Å². The number of benzene rings is 3. The van der Waals surface area contributed by atoms with E-state index in [2.05, 4.69) is 31.0 Å². The van der Waals surface area contributed by atoms with Crippen LogP contribution in [0.15, 0.2) is 91.0 Å². The standard InChI is InChI=1S/C29H27N7O/c1-19-9-11-24(12-10-19)33-29-30-20(2)17-27(34-29)31-22-13-15-23(16-14-22)32-28(37)26-18-25(35-36(26)3)21-7-5-4-6-8-21/h4-18H,1-3H3,(H,32,37)(H2,30,31,33,34). The van der Waals surface area contributed by atoms with Crippen molar-refractivity contribution in [2.45, 2.75) is 13.8 Å². The van der Waals surface area contributed by atoms with Crippen molar-refractivity contribution in [3.05, 3.63) is 108 Å². The minimum atomic E-state index is -0.226. The first kappa shape index (κ1) is 23.7. The highest BCUT2D eigenvalue weighted by molar-refractivity contribution is 6.03. The number of carbonyl (C=O) groups excluding carboxylic acids is 1. The molecule has 8 nitrogen and oxygen atoms in total. The second-order valence-electron chi connectivity index (χ2n) is 8.77. The van der Waals surface area contributed by atoms with E-state index in [-0.39, 0.29) is 5.91 Å². The van der Waals surface area contributed by atoms with E-state index in [9.17, 15) is 4.79 Å². The number of aryl methyl sites for hydroxylation is 3. The van der Waals surface area contributed by atoms with Crippen LogP contribution in [-0.4, -0.2) is 25.7 Å². The maximum absolute atomic E-state index is 12.9. The first-order valence-electron chi connectivity index (χ1n) is 11.9. The van der Waals surface area contributed by atoms with Crippen LogP contribution < -0.4 is 16.0 Å². The lowest BCUT2D eigenvalue weighted by atomic mass is 10.1. The number of carbonyl (C=O) groups is 1. The van der Waals surface area contributed by atoms with E-state index in [1.807, 2.05) is 98.8 Å². The SMILES string of the molecule is Cc1ccc(Nc2nc(C)cc(Nc3ccc(NC(=O)c4cc(-c5ccccc5)nn4C)cc3)n2)cc1. The lowest BCUT2D eigenvalue weighted by molar-refractivity contribution is 0.101. The number of nitrogens with one attached hydrogen (secondary N) is 3. The number of hydrogen-bond donors (Lipinski definition) is 3. The van der Waals surface area contributed by atoms with Crippen molar-refractivity contribution in [1.82, 2.24) is 19.7 Å². The Balaban J connectivity index is 1.25. The van der Waals surface area contributed by atoms with Crippen LogP contribution in [0.1, 0.15) is 21.7 Å². The topological polar surface area (TPSA) is 96.8 Å². The minimum absolute atomic E-state index is 0.226. The smallest absolute Gasteiger partial charge is 0.273 e. The number of nitrogens with zero attached hydrogens (tertiary/aromatic N) is 4. The van der Waals surface area contributed by atoms with E-state index in [0.29, 0.717) is 23.1 Å². The molecule has 0 aliphatic rings. The van der Waals surface area contributed by atoms with Crippen molar-refractivity contribution in [3.63, 3.8) is 0 Å². The maximum Gasteiger partial charge on any atom is 0.273 e. The summed E-state index contributed by atoms with van der Waals surface area (Å²) in [6.07, 6.45) is 0. The van der Waals surface area contributed by atoms with Crippen LogP contribution in [0.2, 0.25) is 0 Å². The van der Waals surface area contributed by atoms with E-state index in [0.717, 1.165) is 28.3 Å². The fraction of sp³-hybridized carbons (Fsp3) is 0.103. The Hall–Kier alpha value is -4.98. The molecule has 0 unspecified atom stereocenters. The van der Waals surface area contributed by atoms with Gasteiger partial charge in [0.15, 0.2) is 0 Å². The van der Waals surface area contributed by atoms with Crippen molar-refractivity contribution >= 4 is 34.7 Å². The van der Waals surface area contributed by atoms with Gasteiger partial charge < -0.3 is 16.0 Å². The molecule has 8 heteroatoms. The molecule has 0 atom stereocenters. The Kier molecular flexibility index (Phi) is 6.63. The summed E-state index contributed by atoms with van der Waals surface area (Å²) in [6.45, 7) is 3.97. The van der Waals surface area contributed by atoms with Crippen LogP contribution in [-0.2, 0) is 7.05 Å². The second-order valence-corrected chi connectivity index (χ2v) is 8.77. The van der Waals surface area contributed by atoms with Gasteiger partial charge >= 0.3 is 0 Å². The molecule has 2 aromatic heterocycles. The molecule has 2 heterocycles. The van der Waals surface area contributed by atoms with Gasteiger partial charge in [0, 0.05) is 41.4 Å². The fourth-order valence-electron chi connectivity index (χ4n) is 3.86. The maximum atomic E-state index is 12.9. The summed E-state index contributed by atoms with van der Waals surface area (Å²) in [5.41, 5.74) is 6.66. The molecule has 0 saturated heterocycles. The van der Waals surface area contributed by atoms with Gasteiger partial charge in [0.25, 0.3) is 5.91 Å². The van der Waals surface area contributed by atoms with Crippen LogP contribution in [0.3, 0.4) is 0 Å². The third kappa shape index (κ3) is 5.82. The molecule has 5 rings (SSSR count). The summed E-state index contributed by atoms with van der Waals surface area (Å²) in [7, 11) is 1.76. The second kappa shape index (κ2) is 10.3. The zero-order chi connectivity index (χ0) is 25.8. The summed E-state index contributed by atoms with van der Waals surface area (Å²) in [6, 6.07) is 29.0. The molecule has 37 heavy (non-hydrogen) atoms. The first-order chi connectivity index (χ1) is 17.9. The predicted octanol–water partition coefficient (Wildman–Crippen LogP) is 6.23. The highest BCUT2D eigenvalue weighted by Crippen LogP contribution is 2.22. The zero-order valence-corrected chi connectivity index (χ0v) is 20.9. The number of hydrogen-bond acceptors (Lipinski definition) is 6. The molecule has 1 amide bonds. The highest BCUT2D eigenvalue weighted by Gasteiger charge is 2.14. The van der Waals surface area contributed by atoms with Crippen molar-refractivity contribution in [2.24, 2.45) is 7.05 Å². The van der Waals surface area contributed by atoms with Gasteiger partial charge in [-0.1, -0.05) is 48.0 Å². The third-order valence-corrected chi connectivity index (χ3v) is 5.76. The van der Waals surface area contributed by atoms with Crippen LogP contribution in [0.5, 0.6) is 0 Å². The van der Waals surface area contributed by atoms with E-state index in [1.165, 1.54) is 5.56 Å². The summed E-state index contributed by atoms with van der Waals surface area (Å²) in [5.74, 6) is 0.958. The molecule has 0 spiro atoms. The molecule has 0 saturated carbocycles. The van der Waals surface area contributed by atoms with Crippen molar-refractivity contribution in [2.75, 3.05) is 16.0 Å². The fourth-order valence-corrected chi connectivity index (χ4v) is 3.86. The molecule has 0 radical (unpaired) electrons. The largest absolute Gasteiger partial charge is 0.340 e. The van der Waals surface area contributed by atoms with Gasteiger partial charge in [-0.3, -0.25) is 9.48 Å². The molecule has 0 aliphatic carbocycles. The quantitative estimate of drug-likeness (QED) is 0.251. The van der Waals surface area contributed by atoms with E-state index in [1.54, 1.807) is 17.8 Å². The average Bonchev–Trinajstić information content (AvgIpc) is 3.28. The van der Waals surface area contributed by atoms with Crippen LogP contribution in [0.25, 0.3) is 11.3 Å². The molecule has 184 valence electrons. The molecule has 5 aromatic rings. The Bertz CT molecular complexity index is 1530. The lowest BCUT2D eigenvalue weighted by Crippen LogP contribution is -2.16. The van der Waals surface area contributed by atoms with Crippen molar-refractivity contribution in [3.8, 4) is 11.3 Å². The van der Waals surface area contributed by atoms with Gasteiger partial charge in [-0.15, -0.1) is 0 Å². The molecular formula is C29H27N7O. The first-order valence-corrected chi connectivity index (χ1v) is 11.9. The monoisotopic (exact) mass is 489 g/mol. The van der Waals surface area contributed by atoms with Gasteiger partial charge in [-0.25, -0.2) is 4.98 Å². The zero-order valence-electron chi connectivity index (χ0n) is 20.9. The molecule has 0 fully saturated rings. The normalized spacial score (nSPS) is 10.7. The summed E-state index contributed by atoms with van der Waals surface area (Å²) in [4.78, 5) is 21.9. The molecule has 0 aliphatic heterocycles. The summed E-state index contributed by atoms with van der Waals surface area (Å²) >= 11 is 0. The number of rotatable bonds is 7. The Morgan fingerprint density at radius 2 is 1.41 bits per heavy atom. The molecule has 3 aromatic carbocycles. The van der Waals surface area contributed by atoms with Gasteiger partial charge in [-0.05, 0) is 56.3 Å². The van der Waals surface area contributed by atoms with Crippen LogP contribution in [0, 0.1) is 13.8 Å². The van der Waals surface area contributed by atoms with Gasteiger partial charge in [0.1, 0.15) is 11.5 Å². The third-order valence-electron chi connectivity index (χ3n) is 5.76. The van der Waals surface area contributed by atoms with Gasteiger partial charge in [0.2, 0.25) is 5.95 Å². The predicted molar refractivity (Wildman–Crippen MR) is 148 cm³/mol. The highest BCUT2D eigenvalue weighted by atomic mass is 16.2. The van der Waals surface area contributed by atoms with Crippen LogP contribution >= 0.6 is 0 Å². The summed E-state index contributed by atoms with van der Waals surface area (Å²) < 4.78 is 1.59. The van der Waals surface area contributed by atoms with Crippen molar-refractivity contribution in [1.29, 1.82) is 0 Å². The Labute approximate surface area is 215 Å². The van der Waals surface area contributed by atoms with Crippen molar-refractivity contribution < 1.29 is 4.79 Å². The minimum Gasteiger partial charge on any atom is -0.340 e. The Morgan fingerprint density at radius 1 is 0.757 bits per heavy atom. The molecule has 0 bridgehead atoms. The molecule has 3 N–H and O–H groups in total. The average molecular weight is 490 g/mol. The number of anilines is 5. The van der Waals surface area contributed by atoms with Crippen LogP contribution in [0.4, 0.5) is 28.8 Å². The lowest BCUT2D eigenvalue weighted by Gasteiger charge is -2.11. The van der Waals surface area contributed by atoms with E-state index >= 15 is 0 Å². The van der Waals surface area contributed by atoms with Gasteiger partial charge in [-0.2, -0.15) is 10.1 Å². The Morgan fingerprint density at radius 3 is 2.14 bits per heavy atom. The molecular weight excluding hydrogens is 462 g/mol.